The Labute approximate surface area is 163 Å². The van der Waals surface area contributed by atoms with Gasteiger partial charge in [0.25, 0.3) is 5.56 Å². The second-order valence-electron chi connectivity index (χ2n) is 6.94. The van der Waals surface area contributed by atoms with Crippen LogP contribution in [0.25, 0.3) is 16.7 Å². The van der Waals surface area contributed by atoms with Gasteiger partial charge in [-0.05, 0) is 18.7 Å². The van der Waals surface area contributed by atoms with Gasteiger partial charge in [-0.25, -0.2) is 9.67 Å². The number of likely N-dealkylation sites (N-methyl/N-ethyl adjacent to an activating group) is 1. The van der Waals surface area contributed by atoms with Gasteiger partial charge in [0, 0.05) is 39.1 Å². The summed E-state index contributed by atoms with van der Waals surface area (Å²) in [5.41, 5.74) is 1.20. The molecule has 0 unspecified atom stereocenters. The van der Waals surface area contributed by atoms with E-state index < -0.39 is 0 Å². The number of aromatic nitrogens is 4. The van der Waals surface area contributed by atoms with Gasteiger partial charge in [-0.1, -0.05) is 25.1 Å². The van der Waals surface area contributed by atoms with Gasteiger partial charge in [0.2, 0.25) is 5.91 Å². The molecule has 28 heavy (non-hydrogen) atoms. The first-order valence-corrected chi connectivity index (χ1v) is 9.66. The maximum atomic E-state index is 12.8. The number of para-hydroxylation sites is 1. The van der Waals surface area contributed by atoms with Crippen molar-refractivity contribution in [3.63, 3.8) is 0 Å². The number of aryl methyl sites for hydroxylation is 1. The van der Waals surface area contributed by atoms with E-state index in [4.69, 9.17) is 0 Å². The molecule has 0 spiro atoms. The van der Waals surface area contributed by atoms with Crippen LogP contribution in [0.3, 0.4) is 0 Å². The standard InChI is InChI=1S/C20H24N6O2/c1-2-23-10-12-24(13-11-23)18(27)8-9-25-15-21-19-17(20(25)28)14-22-26(19)16-6-4-3-5-7-16/h3-7,14-15H,2,8-13H2,1H3. The zero-order valence-electron chi connectivity index (χ0n) is 16.0. The first-order valence-electron chi connectivity index (χ1n) is 9.66. The molecule has 1 aromatic carbocycles. The second-order valence-corrected chi connectivity index (χ2v) is 6.94. The number of nitrogens with zero attached hydrogens (tertiary/aromatic N) is 6. The third kappa shape index (κ3) is 3.55. The van der Waals surface area contributed by atoms with E-state index in [0.29, 0.717) is 24.0 Å². The average Bonchev–Trinajstić information content (AvgIpc) is 3.19. The fourth-order valence-corrected chi connectivity index (χ4v) is 3.55. The average molecular weight is 380 g/mol. The van der Waals surface area contributed by atoms with Gasteiger partial charge in [0.1, 0.15) is 5.39 Å². The van der Waals surface area contributed by atoms with Crippen LogP contribution >= 0.6 is 0 Å². The second kappa shape index (κ2) is 7.93. The van der Waals surface area contributed by atoms with Crippen LogP contribution in [-0.4, -0.2) is 67.8 Å². The first kappa shape index (κ1) is 18.4. The fraction of sp³-hybridized carbons (Fsp3) is 0.400. The van der Waals surface area contributed by atoms with E-state index in [0.717, 1.165) is 38.4 Å². The molecule has 1 aliphatic heterocycles. The number of amides is 1. The lowest BCUT2D eigenvalue weighted by Crippen LogP contribution is -2.48. The number of piperazine rings is 1. The molecule has 0 atom stereocenters. The summed E-state index contributed by atoms with van der Waals surface area (Å²) in [4.78, 5) is 33.9. The topological polar surface area (TPSA) is 76.3 Å². The molecule has 0 radical (unpaired) electrons. The SMILES string of the molecule is CCN1CCN(C(=O)CCn2cnc3c(cnn3-c3ccccc3)c2=O)CC1. The molecule has 8 heteroatoms. The lowest BCUT2D eigenvalue weighted by Gasteiger charge is -2.34. The van der Waals surface area contributed by atoms with Gasteiger partial charge in [0.05, 0.1) is 18.2 Å². The van der Waals surface area contributed by atoms with Crippen LogP contribution < -0.4 is 5.56 Å². The van der Waals surface area contributed by atoms with Crippen molar-refractivity contribution in [2.24, 2.45) is 0 Å². The van der Waals surface area contributed by atoms with Crippen LogP contribution in [0, 0.1) is 0 Å². The van der Waals surface area contributed by atoms with Crippen LogP contribution in [0.2, 0.25) is 0 Å². The van der Waals surface area contributed by atoms with Crippen molar-refractivity contribution in [2.45, 2.75) is 19.9 Å². The Morgan fingerprint density at radius 3 is 2.57 bits per heavy atom. The summed E-state index contributed by atoms with van der Waals surface area (Å²) >= 11 is 0. The molecule has 0 N–H and O–H groups in total. The van der Waals surface area contributed by atoms with Gasteiger partial charge in [-0.15, -0.1) is 0 Å². The molecule has 8 nitrogen and oxygen atoms in total. The van der Waals surface area contributed by atoms with Gasteiger partial charge >= 0.3 is 0 Å². The van der Waals surface area contributed by atoms with Crippen molar-refractivity contribution in [3.8, 4) is 5.69 Å². The Kier molecular flexibility index (Phi) is 5.21. The number of hydrogen-bond donors (Lipinski definition) is 0. The molecular formula is C20H24N6O2. The highest BCUT2D eigenvalue weighted by molar-refractivity contribution is 5.77. The van der Waals surface area contributed by atoms with Gasteiger partial charge in [-0.2, -0.15) is 5.10 Å². The molecule has 3 heterocycles. The van der Waals surface area contributed by atoms with Crippen molar-refractivity contribution in [1.29, 1.82) is 0 Å². The van der Waals surface area contributed by atoms with Crippen molar-refractivity contribution in [3.05, 3.63) is 53.2 Å². The number of rotatable bonds is 5. The smallest absolute Gasteiger partial charge is 0.264 e. The monoisotopic (exact) mass is 380 g/mol. The Hall–Kier alpha value is -3.00. The van der Waals surface area contributed by atoms with E-state index in [1.807, 2.05) is 35.2 Å². The highest BCUT2D eigenvalue weighted by Gasteiger charge is 2.20. The van der Waals surface area contributed by atoms with Gasteiger partial charge in [0.15, 0.2) is 5.65 Å². The van der Waals surface area contributed by atoms with Crippen LogP contribution in [0.4, 0.5) is 0 Å². The molecule has 3 aromatic rings. The summed E-state index contributed by atoms with van der Waals surface area (Å²) in [6.45, 7) is 6.80. The first-order chi connectivity index (χ1) is 13.7. The predicted molar refractivity (Wildman–Crippen MR) is 106 cm³/mol. The molecule has 1 aliphatic rings. The lowest BCUT2D eigenvalue weighted by molar-refractivity contribution is -0.133. The molecule has 0 bridgehead atoms. The third-order valence-electron chi connectivity index (χ3n) is 5.29. The van der Waals surface area contributed by atoms with Crippen molar-refractivity contribution in [2.75, 3.05) is 32.7 Å². The van der Waals surface area contributed by atoms with Crippen LogP contribution in [-0.2, 0) is 11.3 Å². The van der Waals surface area contributed by atoms with E-state index in [-0.39, 0.29) is 11.5 Å². The van der Waals surface area contributed by atoms with Crippen molar-refractivity contribution in [1.82, 2.24) is 29.1 Å². The molecular weight excluding hydrogens is 356 g/mol. The van der Waals surface area contributed by atoms with E-state index >= 15 is 0 Å². The van der Waals surface area contributed by atoms with Gasteiger partial charge < -0.3 is 9.80 Å². The minimum absolute atomic E-state index is 0.0859. The van der Waals surface area contributed by atoms with Gasteiger partial charge in [-0.3, -0.25) is 14.2 Å². The minimum atomic E-state index is -0.171. The van der Waals surface area contributed by atoms with E-state index in [9.17, 15) is 9.59 Å². The fourth-order valence-electron chi connectivity index (χ4n) is 3.55. The Morgan fingerprint density at radius 1 is 1.11 bits per heavy atom. The maximum absolute atomic E-state index is 12.8. The summed E-state index contributed by atoms with van der Waals surface area (Å²) in [6.07, 6.45) is 3.35. The molecule has 2 aromatic heterocycles. The molecule has 1 fully saturated rings. The molecule has 146 valence electrons. The summed E-state index contributed by atoms with van der Waals surface area (Å²) in [7, 11) is 0. The van der Waals surface area contributed by atoms with Crippen LogP contribution in [0.1, 0.15) is 13.3 Å². The molecule has 0 aliphatic carbocycles. The quantitative estimate of drug-likeness (QED) is 0.663. The van der Waals surface area contributed by atoms with E-state index in [2.05, 4.69) is 21.9 Å². The summed E-state index contributed by atoms with van der Waals surface area (Å²) in [5, 5.41) is 4.77. The Bertz CT molecular complexity index is 1020. The lowest BCUT2D eigenvalue weighted by atomic mass is 10.2. The predicted octanol–water partition coefficient (Wildman–Crippen LogP) is 1.14. The molecule has 1 amide bonds. The highest BCUT2D eigenvalue weighted by Crippen LogP contribution is 2.13. The number of carbonyl (C=O) groups excluding carboxylic acids is 1. The maximum Gasteiger partial charge on any atom is 0.264 e. The molecule has 0 saturated carbocycles. The van der Waals surface area contributed by atoms with Crippen LogP contribution in [0.15, 0.2) is 47.7 Å². The summed E-state index contributed by atoms with van der Waals surface area (Å²) < 4.78 is 3.15. The number of hydrogen-bond acceptors (Lipinski definition) is 5. The Morgan fingerprint density at radius 2 is 1.86 bits per heavy atom. The number of fused-ring (bicyclic) bond motifs is 1. The molecule has 1 saturated heterocycles. The highest BCUT2D eigenvalue weighted by atomic mass is 16.2. The van der Waals surface area contributed by atoms with E-state index in [1.54, 1.807) is 10.9 Å². The van der Waals surface area contributed by atoms with Crippen molar-refractivity contribution >= 4 is 16.9 Å². The zero-order valence-corrected chi connectivity index (χ0v) is 16.0. The number of carbonyl (C=O) groups is 1. The van der Waals surface area contributed by atoms with E-state index in [1.165, 1.54) is 10.9 Å². The third-order valence-corrected chi connectivity index (χ3v) is 5.29. The summed E-state index contributed by atoms with van der Waals surface area (Å²) in [5.74, 6) is 0.0859. The Balaban J connectivity index is 1.47. The molecule has 4 rings (SSSR count). The minimum Gasteiger partial charge on any atom is -0.340 e. The van der Waals surface area contributed by atoms with Crippen molar-refractivity contribution < 1.29 is 4.79 Å². The normalized spacial score (nSPS) is 15.2. The zero-order chi connectivity index (χ0) is 19.5. The number of benzene rings is 1. The van der Waals surface area contributed by atoms with Crippen LogP contribution in [0.5, 0.6) is 0 Å². The summed E-state index contributed by atoms with van der Waals surface area (Å²) in [6, 6.07) is 9.58. The largest absolute Gasteiger partial charge is 0.340 e.